The van der Waals surface area contributed by atoms with Gasteiger partial charge in [0.15, 0.2) is 0 Å². The molecule has 2 heterocycles. The molecular formula is C26H43N3O6. The predicted octanol–water partition coefficient (Wildman–Crippen LogP) is 3.37. The monoisotopic (exact) mass is 493 g/mol. The van der Waals surface area contributed by atoms with Crippen LogP contribution < -0.4 is 16.0 Å². The van der Waals surface area contributed by atoms with Gasteiger partial charge < -0.3 is 25.4 Å². The van der Waals surface area contributed by atoms with E-state index >= 15 is 0 Å². The molecule has 0 saturated carbocycles. The molecule has 9 nitrogen and oxygen atoms in total. The van der Waals surface area contributed by atoms with Gasteiger partial charge in [0.1, 0.15) is 23.8 Å². The third-order valence-electron chi connectivity index (χ3n) is 6.30. The van der Waals surface area contributed by atoms with Crippen molar-refractivity contribution in [2.24, 2.45) is 11.8 Å². The molecule has 198 valence electrons. The van der Waals surface area contributed by atoms with E-state index in [4.69, 9.17) is 9.47 Å². The molecule has 6 atom stereocenters. The average molecular weight is 494 g/mol. The fraction of sp³-hybridized carbons (Fsp3) is 0.769. The second-order valence-corrected chi connectivity index (χ2v) is 11.0. The van der Waals surface area contributed by atoms with Gasteiger partial charge >= 0.3 is 12.1 Å². The number of ether oxygens (including phenoxy) is 2. The third-order valence-corrected chi connectivity index (χ3v) is 6.30. The lowest BCUT2D eigenvalue weighted by Crippen LogP contribution is -2.55. The number of alkyl carbamates (subject to hydrolysis) is 1. The van der Waals surface area contributed by atoms with Crippen molar-refractivity contribution in [3.63, 3.8) is 0 Å². The Balaban J connectivity index is 2.15. The van der Waals surface area contributed by atoms with E-state index in [-0.39, 0.29) is 29.9 Å². The molecule has 1 saturated heterocycles. The highest BCUT2D eigenvalue weighted by Gasteiger charge is 2.38. The van der Waals surface area contributed by atoms with Crippen molar-refractivity contribution in [3.8, 4) is 0 Å². The van der Waals surface area contributed by atoms with Crippen LogP contribution in [0.1, 0.15) is 86.5 Å². The van der Waals surface area contributed by atoms with Gasteiger partial charge in [-0.3, -0.25) is 14.4 Å². The molecule has 0 aromatic heterocycles. The number of esters is 1. The van der Waals surface area contributed by atoms with E-state index in [9.17, 15) is 19.2 Å². The molecule has 2 aliphatic heterocycles. The Morgan fingerprint density at radius 1 is 1.00 bits per heavy atom. The minimum Gasteiger partial charge on any atom is -0.460 e. The molecule has 2 rings (SSSR count). The number of hydrogen-bond acceptors (Lipinski definition) is 6. The van der Waals surface area contributed by atoms with Crippen LogP contribution in [-0.4, -0.2) is 53.7 Å². The standard InChI is InChI=1S/C26H43N3O6/c1-16-12-10-8-7-9-11-13-19(29-25(33)35-26(4,5)6)23(31)27-18(3)22(30)28-20(14-16)21-15-17(2)24(32)34-21/h7-8,16-21H,9-15H2,1-6H3,(H,27,31)(H,28,30)(H,29,33)/b8-7-/t16-,17-,18+,19+,20+,21+/m1/s1. The SMILES string of the molecule is C[C@@H]1CC/C=C\CCC[C@H](NC(=O)OC(C)(C)C)C(=O)N[C@@H](C)C(=O)N[C@H]([C@@H]2C[C@@H](C)C(=O)O2)C1. The summed E-state index contributed by atoms with van der Waals surface area (Å²) in [6, 6.07) is -1.99. The third kappa shape index (κ3) is 9.90. The van der Waals surface area contributed by atoms with Crippen LogP contribution in [0.3, 0.4) is 0 Å². The van der Waals surface area contributed by atoms with Gasteiger partial charge in [-0.05, 0) is 78.6 Å². The molecule has 0 aliphatic carbocycles. The van der Waals surface area contributed by atoms with Gasteiger partial charge in [0.25, 0.3) is 0 Å². The number of cyclic esters (lactones) is 1. The summed E-state index contributed by atoms with van der Waals surface area (Å²) in [5.41, 5.74) is -0.692. The van der Waals surface area contributed by atoms with E-state index in [1.54, 1.807) is 27.7 Å². The van der Waals surface area contributed by atoms with E-state index in [0.717, 1.165) is 19.3 Å². The van der Waals surface area contributed by atoms with Crippen molar-refractivity contribution in [1.82, 2.24) is 16.0 Å². The van der Waals surface area contributed by atoms with Crippen molar-refractivity contribution < 1.29 is 28.7 Å². The molecule has 0 radical (unpaired) electrons. The highest BCUT2D eigenvalue weighted by molar-refractivity contribution is 5.91. The van der Waals surface area contributed by atoms with E-state index in [0.29, 0.717) is 31.6 Å². The minimum absolute atomic E-state index is 0.202. The molecule has 0 spiro atoms. The number of allylic oxidation sites excluding steroid dienone is 2. The molecule has 0 aromatic rings. The quantitative estimate of drug-likeness (QED) is 0.400. The van der Waals surface area contributed by atoms with Crippen LogP contribution in [-0.2, 0) is 23.9 Å². The van der Waals surface area contributed by atoms with Gasteiger partial charge in [-0.1, -0.05) is 26.0 Å². The van der Waals surface area contributed by atoms with Crippen LogP contribution in [0, 0.1) is 11.8 Å². The Morgan fingerprint density at radius 3 is 2.31 bits per heavy atom. The predicted molar refractivity (Wildman–Crippen MR) is 132 cm³/mol. The normalized spacial score (nSPS) is 32.7. The fourth-order valence-electron chi connectivity index (χ4n) is 4.32. The maximum atomic E-state index is 13.0. The largest absolute Gasteiger partial charge is 0.460 e. The molecule has 3 N–H and O–H groups in total. The first kappa shape index (κ1) is 28.7. The highest BCUT2D eigenvalue weighted by Crippen LogP contribution is 2.27. The van der Waals surface area contributed by atoms with Gasteiger partial charge in [0, 0.05) is 0 Å². The molecule has 0 aromatic carbocycles. The minimum atomic E-state index is -0.828. The van der Waals surface area contributed by atoms with Crippen LogP contribution >= 0.6 is 0 Å². The van der Waals surface area contributed by atoms with Crippen LogP contribution in [0.4, 0.5) is 4.79 Å². The van der Waals surface area contributed by atoms with Gasteiger partial charge in [-0.25, -0.2) is 4.79 Å². The second kappa shape index (κ2) is 12.9. The zero-order valence-electron chi connectivity index (χ0n) is 22.0. The molecule has 0 bridgehead atoms. The summed E-state index contributed by atoms with van der Waals surface area (Å²) in [6.07, 6.45) is 8.15. The lowest BCUT2D eigenvalue weighted by atomic mass is 9.91. The first-order chi connectivity index (χ1) is 16.4. The molecular weight excluding hydrogens is 450 g/mol. The zero-order valence-corrected chi connectivity index (χ0v) is 22.0. The summed E-state index contributed by atoms with van der Waals surface area (Å²) >= 11 is 0. The van der Waals surface area contributed by atoms with Crippen molar-refractivity contribution in [2.45, 2.75) is 116 Å². The number of rotatable bonds is 2. The number of hydrogen-bond donors (Lipinski definition) is 3. The molecule has 1 fully saturated rings. The summed E-state index contributed by atoms with van der Waals surface area (Å²) in [5, 5.41) is 8.38. The summed E-state index contributed by atoms with van der Waals surface area (Å²) in [5.74, 6) is -0.925. The lowest BCUT2D eigenvalue weighted by molar-refractivity contribution is -0.145. The fourth-order valence-corrected chi connectivity index (χ4v) is 4.32. The van der Waals surface area contributed by atoms with E-state index in [1.165, 1.54) is 0 Å². The van der Waals surface area contributed by atoms with Crippen LogP contribution in [0.15, 0.2) is 12.2 Å². The average Bonchev–Trinajstić information content (AvgIpc) is 3.07. The number of carbonyl (C=O) groups excluding carboxylic acids is 4. The topological polar surface area (TPSA) is 123 Å². The Kier molecular flexibility index (Phi) is 10.6. The summed E-state index contributed by atoms with van der Waals surface area (Å²) in [6.45, 7) is 10.8. The van der Waals surface area contributed by atoms with Crippen LogP contribution in [0.5, 0.6) is 0 Å². The Hall–Kier alpha value is -2.58. The number of amides is 3. The van der Waals surface area contributed by atoms with Gasteiger partial charge in [0.05, 0.1) is 12.0 Å². The van der Waals surface area contributed by atoms with E-state index in [1.807, 2.05) is 6.92 Å². The van der Waals surface area contributed by atoms with Crippen molar-refractivity contribution in [1.29, 1.82) is 0 Å². The summed E-state index contributed by atoms with van der Waals surface area (Å²) in [4.78, 5) is 50.3. The zero-order chi connectivity index (χ0) is 26.2. The molecule has 35 heavy (non-hydrogen) atoms. The van der Waals surface area contributed by atoms with Crippen molar-refractivity contribution >= 4 is 23.9 Å². The molecule has 3 amide bonds. The molecule has 2 aliphatic rings. The maximum Gasteiger partial charge on any atom is 0.408 e. The first-order valence-electron chi connectivity index (χ1n) is 12.8. The highest BCUT2D eigenvalue weighted by atomic mass is 16.6. The van der Waals surface area contributed by atoms with E-state index < -0.39 is 29.7 Å². The Labute approximate surface area is 209 Å². The van der Waals surface area contributed by atoms with Crippen LogP contribution in [0.25, 0.3) is 0 Å². The van der Waals surface area contributed by atoms with Crippen molar-refractivity contribution in [3.05, 3.63) is 12.2 Å². The van der Waals surface area contributed by atoms with E-state index in [2.05, 4.69) is 35.0 Å². The second-order valence-electron chi connectivity index (χ2n) is 11.0. The van der Waals surface area contributed by atoms with Gasteiger partial charge in [-0.15, -0.1) is 0 Å². The molecule has 9 heteroatoms. The number of carbonyl (C=O) groups is 4. The van der Waals surface area contributed by atoms with Gasteiger partial charge in [-0.2, -0.15) is 0 Å². The first-order valence-corrected chi connectivity index (χ1v) is 12.8. The number of nitrogens with one attached hydrogen (secondary N) is 3. The smallest absolute Gasteiger partial charge is 0.408 e. The Bertz CT molecular complexity index is 790. The maximum absolute atomic E-state index is 13.0. The van der Waals surface area contributed by atoms with Crippen molar-refractivity contribution in [2.75, 3.05) is 0 Å². The lowest BCUT2D eigenvalue weighted by Gasteiger charge is -2.28. The summed E-state index contributed by atoms with van der Waals surface area (Å²) < 4.78 is 10.9. The molecule has 0 unspecified atom stereocenters. The van der Waals surface area contributed by atoms with Gasteiger partial charge in [0.2, 0.25) is 11.8 Å². The Morgan fingerprint density at radius 2 is 1.69 bits per heavy atom. The van der Waals surface area contributed by atoms with Crippen LogP contribution in [0.2, 0.25) is 0 Å². The summed E-state index contributed by atoms with van der Waals surface area (Å²) in [7, 11) is 0.